The predicted molar refractivity (Wildman–Crippen MR) is 122 cm³/mol. The monoisotopic (exact) mass is 408 g/mol. The number of piperazine rings is 1. The highest BCUT2D eigenvalue weighted by atomic mass is 32.1. The molecule has 152 valence electrons. The second-order valence-corrected chi connectivity index (χ2v) is 8.72. The SMILES string of the molecule is CCN1CCN(Cc2cc(Nc3ncc(C)s3)nc(-c3cccc(N)c3)c2)CC1. The van der Waals surface area contributed by atoms with Crippen molar-refractivity contribution in [3.63, 3.8) is 0 Å². The van der Waals surface area contributed by atoms with Crippen LogP contribution in [-0.2, 0) is 6.54 Å². The van der Waals surface area contributed by atoms with Gasteiger partial charge in [0.15, 0.2) is 5.13 Å². The van der Waals surface area contributed by atoms with Crippen molar-refractivity contribution >= 4 is 28.0 Å². The van der Waals surface area contributed by atoms with Crippen LogP contribution in [0.1, 0.15) is 17.4 Å². The first-order valence-electron chi connectivity index (χ1n) is 10.1. The Morgan fingerprint density at radius 1 is 1.10 bits per heavy atom. The molecule has 0 spiro atoms. The number of nitrogen functional groups attached to an aromatic ring is 1. The van der Waals surface area contributed by atoms with Crippen LogP contribution in [-0.4, -0.2) is 52.5 Å². The molecular weight excluding hydrogens is 380 g/mol. The molecule has 1 aromatic carbocycles. The van der Waals surface area contributed by atoms with E-state index in [4.69, 9.17) is 10.7 Å². The summed E-state index contributed by atoms with van der Waals surface area (Å²) in [5.41, 5.74) is 9.96. The summed E-state index contributed by atoms with van der Waals surface area (Å²) < 4.78 is 0. The number of rotatable bonds is 6. The van der Waals surface area contributed by atoms with Gasteiger partial charge in [0.05, 0.1) is 5.69 Å². The molecule has 29 heavy (non-hydrogen) atoms. The van der Waals surface area contributed by atoms with Crippen molar-refractivity contribution < 1.29 is 0 Å². The van der Waals surface area contributed by atoms with E-state index in [9.17, 15) is 0 Å². The second-order valence-electron chi connectivity index (χ2n) is 7.48. The van der Waals surface area contributed by atoms with Gasteiger partial charge in [0.25, 0.3) is 0 Å². The van der Waals surface area contributed by atoms with Gasteiger partial charge in [-0.3, -0.25) is 4.90 Å². The Balaban J connectivity index is 1.60. The number of nitrogens with zero attached hydrogens (tertiary/aromatic N) is 4. The van der Waals surface area contributed by atoms with Gasteiger partial charge >= 0.3 is 0 Å². The number of benzene rings is 1. The summed E-state index contributed by atoms with van der Waals surface area (Å²) >= 11 is 1.63. The fraction of sp³-hybridized carbons (Fsp3) is 0.364. The Morgan fingerprint density at radius 2 is 1.90 bits per heavy atom. The second kappa shape index (κ2) is 8.90. The zero-order valence-electron chi connectivity index (χ0n) is 17.1. The number of pyridine rings is 1. The van der Waals surface area contributed by atoms with Gasteiger partial charge in [-0.15, -0.1) is 11.3 Å². The van der Waals surface area contributed by atoms with Crippen molar-refractivity contribution in [2.75, 3.05) is 43.8 Å². The molecule has 6 nitrogen and oxygen atoms in total. The lowest BCUT2D eigenvalue weighted by Gasteiger charge is -2.34. The molecule has 4 rings (SSSR count). The van der Waals surface area contributed by atoms with Gasteiger partial charge in [0.2, 0.25) is 0 Å². The van der Waals surface area contributed by atoms with Crippen LogP contribution in [0.25, 0.3) is 11.3 Å². The lowest BCUT2D eigenvalue weighted by molar-refractivity contribution is 0.132. The number of anilines is 3. The lowest BCUT2D eigenvalue weighted by atomic mass is 10.1. The Kier molecular flexibility index (Phi) is 6.08. The van der Waals surface area contributed by atoms with Crippen molar-refractivity contribution in [1.82, 2.24) is 19.8 Å². The van der Waals surface area contributed by atoms with E-state index in [1.54, 1.807) is 11.3 Å². The summed E-state index contributed by atoms with van der Waals surface area (Å²) in [6.07, 6.45) is 1.88. The van der Waals surface area contributed by atoms with E-state index in [1.165, 1.54) is 10.4 Å². The van der Waals surface area contributed by atoms with Crippen molar-refractivity contribution in [2.24, 2.45) is 0 Å². The van der Waals surface area contributed by atoms with Gasteiger partial charge in [0, 0.05) is 55.0 Å². The van der Waals surface area contributed by atoms with Crippen LogP contribution in [0.3, 0.4) is 0 Å². The minimum atomic E-state index is 0.746. The fourth-order valence-corrected chi connectivity index (χ4v) is 4.30. The number of likely N-dealkylation sites (N-methyl/N-ethyl adjacent to an activating group) is 1. The molecule has 3 aromatic rings. The number of hydrogen-bond acceptors (Lipinski definition) is 7. The molecule has 1 saturated heterocycles. The summed E-state index contributed by atoms with van der Waals surface area (Å²) in [5.74, 6) is 0.821. The molecule has 1 fully saturated rings. The van der Waals surface area contributed by atoms with E-state index < -0.39 is 0 Å². The van der Waals surface area contributed by atoms with E-state index in [-0.39, 0.29) is 0 Å². The Morgan fingerprint density at radius 3 is 2.59 bits per heavy atom. The highest BCUT2D eigenvalue weighted by Gasteiger charge is 2.17. The van der Waals surface area contributed by atoms with Gasteiger partial charge < -0.3 is 16.0 Å². The smallest absolute Gasteiger partial charge is 0.188 e. The minimum Gasteiger partial charge on any atom is -0.399 e. The van der Waals surface area contributed by atoms with Crippen LogP contribution >= 0.6 is 11.3 Å². The van der Waals surface area contributed by atoms with Crippen LogP contribution in [0.2, 0.25) is 0 Å². The standard InChI is InChI=1S/C22H28N6S/c1-3-27-7-9-28(10-8-27)15-17-11-20(18-5-4-6-19(23)13-18)25-21(12-17)26-22-24-14-16(2)29-22/h4-6,11-14H,3,7-10,15,23H2,1-2H3,(H,24,25,26). The largest absolute Gasteiger partial charge is 0.399 e. The van der Waals surface area contributed by atoms with E-state index in [1.807, 2.05) is 24.4 Å². The quantitative estimate of drug-likeness (QED) is 0.601. The molecule has 1 aliphatic heterocycles. The number of thiazole rings is 1. The molecule has 0 saturated carbocycles. The number of aromatic nitrogens is 2. The van der Waals surface area contributed by atoms with Gasteiger partial charge in [-0.2, -0.15) is 0 Å². The minimum absolute atomic E-state index is 0.746. The Hall–Kier alpha value is -2.48. The zero-order valence-corrected chi connectivity index (χ0v) is 17.9. The summed E-state index contributed by atoms with van der Waals surface area (Å²) in [6.45, 7) is 10.8. The normalized spacial score (nSPS) is 15.5. The Bertz CT molecular complexity index is 961. The van der Waals surface area contributed by atoms with Gasteiger partial charge in [-0.25, -0.2) is 9.97 Å². The molecular formula is C22H28N6S. The summed E-state index contributed by atoms with van der Waals surface area (Å²) in [5, 5.41) is 4.24. The topological polar surface area (TPSA) is 70.3 Å². The third-order valence-corrected chi connectivity index (χ3v) is 6.07. The first-order valence-corrected chi connectivity index (χ1v) is 10.9. The van der Waals surface area contributed by atoms with Crippen LogP contribution in [0.5, 0.6) is 0 Å². The molecule has 0 unspecified atom stereocenters. The van der Waals surface area contributed by atoms with E-state index >= 15 is 0 Å². The van der Waals surface area contributed by atoms with E-state index in [0.29, 0.717) is 0 Å². The van der Waals surface area contributed by atoms with Crippen molar-refractivity contribution in [3.05, 3.63) is 53.0 Å². The molecule has 0 atom stereocenters. The van der Waals surface area contributed by atoms with Crippen molar-refractivity contribution in [1.29, 1.82) is 0 Å². The zero-order chi connectivity index (χ0) is 20.2. The molecule has 0 radical (unpaired) electrons. The summed E-state index contributed by atoms with van der Waals surface area (Å²) in [6, 6.07) is 12.2. The van der Waals surface area contributed by atoms with Gasteiger partial charge in [0.1, 0.15) is 5.82 Å². The average Bonchev–Trinajstić information content (AvgIpc) is 3.13. The highest BCUT2D eigenvalue weighted by Crippen LogP contribution is 2.27. The number of nitrogens with one attached hydrogen (secondary N) is 1. The van der Waals surface area contributed by atoms with Crippen molar-refractivity contribution in [2.45, 2.75) is 20.4 Å². The highest BCUT2D eigenvalue weighted by molar-refractivity contribution is 7.15. The Labute approximate surface area is 176 Å². The first kappa shape index (κ1) is 19.8. The number of aryl methyl sites for hydroxylation is 1. The molecule has 1 aliphatic rings. The maximum absolute atomic E-state index is 6.01. The number of nitrogens with two attached hydrogens (primary N) is 1. The van der Waals surface area contributed by atoms with Crippen LogP contribution in [0, 0.1) is 6.92 Å². The van der Waals surface area contributed by atoms with Crippen LogP contribution in [0.4, 0.5) is 16.6 Å². The first-order chi connectivity index (χ1) is 14.1. The van der Waals surface area contributed by atoms with Gasteiger partial charge in [-0.05, 0) is 43.3 Å². The maximum atomic E-state index is 6.01. The molecule has 7 heteroatoms. The molecule has 2 aromatic heterocycles. The molecule has 0 aliphatic carbocycles. The molecule has 3 heterocycles. The molecule has 0 amide bonds. The third kappa shape index (κ3) is 5.12. The van der Waals surface area contributed by atoms with Crippen molar-refractivity contribution in [3.8, 4) is 11.3 Å². The average molecular weight is 409 g/mol. The van der Waals surface area contributed by atoms with E-state index in [2.05, 4.69) is 52.1 Å². The van der Waals surface area contributed by atoms with Gasteiger partial charge in [-0.1, -0.05) is 19.1 Å². The molecule has 0 bridgehead atoms. The molecule has 3 N–H and O–H groups in total. The van der Waals surface area contributed by atoms with E-state index in [0.717, 1.165) is 67.2 Å². The van der Waals surface area contributed by atoms with Crippen LogP contribution < -0.4 is 11.1 Å². The maximum Gasteiger partial charge on any atom is 0.188 e. The fourth-order valence-electron chi connectivity index (χ4n) is 3.63. The number of hydrogen-bond donors (Lipinski definition) is 2. The summed E-state index contributed by atoms with van der Waals surface area (Å²) in [4.78, 5) is 15.5. The van der Waals surface area contributed by atoms with Crippen LogP contribution in [0.15, 0.2) is 42.6 Å². The lowest BCUT2D eigenvalue weighted by Crippen LogP contribution is -2.45. The summed E-state index contributed by atoms with van der Waals surface area (Å²) in [7, 11) is 0. The third-order valence-electron chi connectivity index (χ3n) is 5.24. The predicted octanol–water partition coefficient (Wildman–Crippen LogP) is 3.98.